The van der Waals surface area contributed by atoms with Gasteiger partial charge in [0.2, 0.25) is 10.0 Å². The van der Waals surface area contributed by atoms with Gasteiger partial charge in [0.1, 0.15) is 5.65 Å². The number of sulfonamides is 1. The molecule has 0 amide bonds. The van der Waals surface area contributed by atoms with Crippen LogP contribution in [0, 0.1) is 0 Å². The largest absolute Gasteiger partial charge is 0.342 e. The van der Waals surface area contributed by atoms with Crippen molar-refractivity contribution in [2.45, 2.75) is 23.9 Å². The zero-order chi connectivity index (χ0) is 21.5. The van der Waals surface area contributed by atoms with Gasteiger partial charge in [-0.2, -0.15) is 0 Å². The third-order valence-electron chi connectivity index (χ3n) is 5.10. The van der Waals surface area contributed by atoms with Crippen molar-refractivity contribution in [1.82, 2.24) is 19.6 Å². The Balaban J connectivity index is 1.60. The third kappa shape index (κ3) is 4.41. The van der Waals surface area contributed by atoms with Crippen molar-refractivity contribution in [3.05, 3.63) is 48.3 Å². The second kappa shape index (κ2) is 7.77. The predicted molar refractivity (Wildman–Crippen MR) is 116 cm³/mol. The molecule has 0 saturated carbocycles. The summed E-state index contributed by atoms with van der Waals surface area (Å²) in [5.74, 6) is -0.133. The van der Waals surface area contributed by atoms with Crippen molar-refractivity contribution >= 4 is 30.9 Å². The Morgan fingerprint density at radius 3 is 2.57 bits per heavy atom. The topological polar surface area (TPSA) is 112 Å². The minimum absolute atomic E-state index is 0.0175. The van der Waals surface area contributed by atoms with Gasteiger partial charge in [-0.05, 0) is 55.9 Å². The number of benzene rings is 1. The summed E-state index contributed by atoms with van der Waals surface area (Å²) in [6, 6.07) is 9.99. The monoisotopic (exact) mass is 448 g/mol. The molecule has 2 N–H and O–H groups in total. The first-order valence-corrected chi connectivity index (χ1v) is 12.9. The van der Waals surface area contributed by atoms with E-state index in [0.717, 1.165) is 34.4 Å². The lowest BCUT2D eigenvalue weighted by Crippen LogP contribution is -2.35. The quantitative estimate of drug-likeness (QED) is 0.594. The van der Waals surface area contributed by atoms with Crippen LogP contribution in [0.25, 0.3) is 22.2 Å². The second-order valence-corrected chi connectivity index (χ2v) is 11.8. The smallest absolute Gasteiger partial charge is 0.240 e. The molecule has 8 nitrogen and oxygen atoms in total. The van der Waals surface area contributed by atoms with Crippen molar-refractivity contribution < 1.29 is 16.8 Å². The van der Waals surface area contributed by atoms with Crippen LogP contribution in [0.15, 0.2) is 47.5 Å². The first-order chi connectivity index (χ1) is 14.1. The number of aromatic nitrogens is 2. The first kappa shape index (κ1) is 21.0. The van der Waals surface area contributed by atoms with Gasteiger partial charge in [-0.1, -0.05) is 12.1 Å². The Hall–Kier alpha value is -2.27. The molecule has 1 aromatic carbocycles. The highest BCUT2D eigenvalue weighted by molar-refractivity contribution is 7.92. The van der Waals surface area contributed by atoms with E-state index in [2.05, 4.69) is 25.7 Å². The predicted octanol–water partition coefficient (Wildman–Crippen LogP) is 1.76. The summed E-state index contributed by atoms with van der Waals surface area (Å²) < 4.78 is 51.0. The van der Waals surface area contributed by atoms with Gasteiger partial charge in [0.25, 0.3) is 0 Å². The van der Waals surface area contributed by atoms with Gasteiger partial charge in [0, 0.05) is 29.9 Å². The molecule has 0 spiro atoms. The Morgan fingerprint density at radius 1 is 1.20 bits per heavy atom. The van der Waals surface area contributed by atoms with Gasteiger partial charge in [0.05, 0.1) is 16.4 Å². The molecular formula is C20H24N4O4S2. The van der Waals surface area contributed by atoms with Crippen molar-refractivity contribution in [2.75, 3.05) is 25.6 Å². The summed E-state index contributed by atoms with van der Waals surface area (Å²) in [4.78, 5) is 9.88. The van der Waals surface area contributed by atoms with Gasteiger partial charge in [-0.3, -0.25) is 0 Å². The second-order valence-electron chi connectivity index (χ2n) is 7.90. The standard InChI is InChI=1S/C20H24N4O4S2/c1-24(2)12-16-11-19-18(7-9-21-20(19)22-16)14-3-5-17(6-4-14)30(27,28)23-15-8-10-29(25,26)13-15/h3-7,9,11,15,23H,8,10,12-13H2,1-2H3,(H,21,22)/t15-/m0/s1. The van der Waals surface area contributed by atoms with Gasteiger partial charge >= 0.3 is 0 Å². The number of pyridine rings is 1. The number of rotatable bonds is 6. The van der Waals surface area contributed by atoms with E-state index in [1.807, 2.05) is 20.2 Å². The van der Waals surface area contributed by atoms with E-state index in [1.165, 1.54) is 0 Å². The molecule has 2 aromatic heterocycles. The molecule has 1 aliphatic rings. The van der Waals surface area contributed by atoms with E-state index in [1.54, 1.807) is 30.5 Å². The maximum absolute atomic E-state index is 12.6. The van der Waals surface area contributed by atoms with E-state index >= 15 is 0 Å². The summed E-state index contributed by atoms with van der Waals surface area (Å²) in [6.07, 6.45) is 2.03. The molecule has 10 heteroatoms. The molecule has 1 atom stereocenters. The number of nitrogens with zero attached hydrogens (tertiary/aromatic N) is 2. The Labute approximate surface area is 176 Å². The normalized spacial score (nSPS) is 19.0. The fourth-order valence-corrected chi connectivity index (χ4v) is 6.80. The van der Waals surface area contributed by atoms with Gasteiger partial charge in [-0.15, -0.1) is 0 Å². The first-order valence-electron chi connectivity index (χ1n) is 9.57. The van der Waals surface area contributed by atoms with Crippen molar-refractivity contribution in [1.29, 1.82) is 0 Å². The zero-order valence-electron chi connectivity index (χ0n) is 16.8. The maximum Gasteiger partial charge on any atom is 0.240 e. The highest BCUT2D eigenvalue weighted by Gasteiger charge is 2.31. The number of hydrogen-bond donors (Lipinski definition) is 2. The number of aromatic amines is 1. The molecule has 3 aromatic rings. The minimum atomic E-state index is -3.78. The summed E-state index contributed by atoms with van der Waals surface area (Å²) in [7, 11) is -2.95. The van der Waals surface area contributed by atoms with Crippen LogP contribution in [-0.4, -0.2) is 63.3 Å². The molecule has 1 saturated heterocycles. The van der Waals surface area contributed by atoms with Crippen LogP contribution in [0.2, 0.25) is 0 Å². The number of nitrogens with one attached hydrogen (secondary N) is 2. The van der Waals surface area contributed by atoms with Crippen LogP contribution < -0.4 is 4.72 Å². The highest BCUT2D eigenvalue weighted by Crippen LogP contribution is 2.29. The van der Waals surface area contributed by atoms with E-state index in [9.17, 15) is 16.8 Å². The third-order valence-corrected chi connectivity index (χ3v) is 8.41. The Bertz CT molecular complexity index is 1280. The molecule has 160 valence electrons. The van der Waals surface area contributed by atoms with Crippen LogP contribution in [0.3, 0.4) is 0 Å². The number of H-pyrrole nitrogens is 1. The van der Waals surface area contributed by atoms with Crippen LogP contribution in [0.5, 0.6) is 0 Å². The lowest BCUT2D eigenvalue weighted by atomic mass is 10.0. The van der Waals surface area contributed by atoms with Crippen LogP contribution in [0.4, 0.5) is 0 Å². The summed E-state index contributed by atoms with van der Waals surface area (Å²) in [5, 5.41) is 0.972. The van der Waals surface area contributed by atoms with Crippen molar-refractivity contribution in [3.8, 4) is 11.1 Å². The van der Waals surface area contributed by atoms with E-state index in [0.29, 0.717) is 6.42 Å². The average Bonchev–Trinajstić information content (AvgIpc) is 3.22. The molecule has 4 rings (SSSR count). The van der Waals surface area contributed by atoms with E-state index in [-0.39, 0.29) is 16.4 Å². The fourth-order valence-electron chi connectivity index (χ4n) is 3.75. The molecule has 0 aliphatic carbocycles. The van der Waals surface area contributed by atoms with E-state index < -0.39 is 25.9 Å². The molecule has 0 unspecified atom stereocenters. The fraction of sp³-hybridized carbons (Fsp3) is 0.350. The minimum Gasteiger partial charge on any atom is -0.342 e. The molecule has 0 bridgehead atoms. The van der Waals surface area contributed by atoms with Gasteiger partial charge in [0.15, 0.2) is 9.84 Å². The SMILES string of the molecule is CN(C)Cc1cc2c(-c3ccc(S(=O)(=O)N[C@H]4CCS(=O)(=O)C4)cc3)ccnc2[nH]1. The number of fused-ring (bicyclic) bond motifs is 1. The van der Waals surface area contributed by atoms with Crippen LogP contribution in [0.1, 0.15) is 12.1 Å². The van der Waals surface area contributed by atoms with Crippen molar-refractivity contribution in [2.24, 2.45) is 0 Å². The molecular weight excluding hydrogens is 424 g/mol. The van der Waals surface area contributed by atoms with Crippen LogP contribution in [-0.2, 0) is 26.4 Å². The van der Waals surface area contributed by atoms with Gasteiger partial charge in [-0.25, -0.2) is 26.5 Å². The maximum atomic E-state index is 12.6. The molecule has 1 aliphatic heterocycles. The summed E-state index contributed by atoms with van der Waals surface area (Å²) >= 11 is 0. The van der Waals surface area contributed by atoms with Crippen LogP contribution >= 0.6 is 0 Å². The van der Waals surface area contributed by atoms with Gasteiger partial charge < -0.3 is 9.88 Å². The average molecular weight is 449 g/mol. The van der Waals surface area contributed by atoms with E-state index in [4.69, 9.17) is 0 Å². The Kier molecular flexibility index (Phi) is 5.43. The number of sulfone groups is 1. The Morgan fingerprint density at radius 2 is 1.93 bits per heavy atom. The number of hydrogen-bond acceptors (Lipinski definition) is 6. The highest BCUT2D eigenvalue weighted by atomic mass is 32.2. The lowest BCUT2D eigenvalue weighted by molar-refractivity contribution is 0.398. The summed E-state index contributed by atoms with van der Waals surface area (Å²) in [6.45, 7) is 0.759. The lowest BCUT2D eigenvalue weighted by Gasteiger charge is -2.12. The van der Waals surface area contributed by atoms with Crippen molar-refractivity contribution in [3.63, 3.8) is 0 Å². The molecule has 0 radical (unpaired) electrons. The molecule has 30 heavy (non-hydrogen) atoms. The zero-order valence-corrected chi connectivity index (χ0v) is 18.4. The molecule has 1 fully saturated rings. The molecule has 3 heterocycles. The summed E-state index contributed by atoms with van der Waals surface area (Å²) in [5.41, 5.74) is 3.66.